The summed E-state index contributed by atoms with van der Waals surface area (Å²) >= 11 is 5.99. The fourth-order valence-corrected chi connectivity index (χ4v) is 2.56. The molecule has 2 aliphatic heterocycles. The van der Waals surface area contributed by atoms with Gasteiger partial charge < -0.3 is 25.8 Å². The molecule has 22 heavy (non-hydrogen) atoms. The number of nitrogens with two attached hydrogens (primary N) is 2. The molecule has 2 aliphatic rings. The Morgan fingerprint density at radius 2 is 1.68 bits per heavy atom. The van der Waals surface area contributed by atoms with E-state index >= 15 is 0 Å². The van der Waals surface area contributed by atoms with E-state index in [0.29, 0.717) is 31.5 Å². The Balaban J connectivity index is 1.75. The van der Waals surface area contributed by atoms with E-state index in [0.717, 1.165) is 5.82 Å². The number of halogens is 1. The SMILES string of the molecule is NC1=NC(CN(CC2COC(N)=N2)c2cccc(Cl)n2)CO1. The third-order valence-corrected chi connectivity index (χ3v) is 3.56. The highest BCUT2D eigenvalue weighted by molar-refractivity contribution is 6.29. The van der Waals surface area contributed by atoms with Crippen molar-refractivity contribution in [1.82, 2.24) is 4.98 Å². The molecule has 0 amide bonds. The van der Waals surface area contributed by atoms with E-state index in [1.807, 2.05) is 17.0 Å². The fraction of sp³-hybridized carbons (Fsp3) is 0.462. The van der Waals surface area contributed by atoms with E-state index < -0.39 is 0 Å². The molecule has 0 aliphatic carbocycles. The number of pyridine rings is 1. The minimum absolute atomic E-state index is 0.0515. The summed E-state index contributed by atoms with van der Waals surface area (Å²) in [4.78, 5) is 14.9. The Kier molecular flexibility index (Phi) is 4.19. The predicted octanol–water partition coefficient (Wildman–Crippen LogP) is -0.0316. The number of rotatable bonds is 5. The van der Waals surface area contributed by atoms with Gasteiger partial charge in [0.1, 0.15) is 36.3 Å². The molecule has 0 fully saturated rings. The average molecular weight is 325 g/mol. The largest absolute Gasteiger partial charge is 0.463 e. The lowest BCUT2D eigenvalue weighted by Crippen LogP contribution is -2.38. The van der Waals surface area contributed by atoms with Crippen LogP contribution in [0.4, 0.5) is 5.82 Å². The van der Waals surface area contributed by atoms with Crippen LogP contribution in [-0.2, 0) is 9.47 Å². The summed E-state index contributed by atoms with van der Waals surface area (Å²) in [6.07, 6.45) is 0. The topological polar surface area (TPSA) is 111 Å². The van der Waals surface area contributed by atoms with Gasteiger partial charge in [0, 0.05) is 13.1 Å². The van der Waals surface area contributed by atoms with Crippen LogP contribution in [0.5, 0.6) is 0 Å². The van der Waals surface area contributed by atoms with Gasteiger partial charge in [0.2, 0.25) is 0 Å². The molecule has 2 unspecified atom stereocenters. The molecule has 3 heterocycles. The Bertz CT molecular complexity index is 578. The quantitative estimate of drug-likeness (QED) is 0.736. The van der Waals surface area contributed by atoms with E-state index in [1.54, 1.807) is 6.07 Å². The van der Waals surface area contributed by atoms with Gasteiger partial charge in [-0.1, -0.05) is 17.7 Å². The number of hydrogen-bond donors (Lipinski definition) is 2. The van der Waals surface area contributed by atoms with Crippen molar-refractivity contribution in [3.63, 3.8) is 0 Å². The molecule has 8 nitrogen and oxygen atoms in total. The number of hydrogen-bond acceptors (Lipinski definition) is 8. The Hall–Kier alpha value is -2.22. The highest BCUT2D eigenvalue weighted by atomic mass is 35.5. The van der Waals surface area contributed by atoms with Crippen molar-refractivity contribution < 1.29 is 9.47 Å². The zero-order valence-corrected chi connectivity index (χ0v) is 12.6. The standard InChI is InChI=1S/C13H17ClN6O2/c14-10-2-1-3-11(19-10)20(4-8-6-21-12(15)17-8)5-9-7-22-13(16)18-9/h1-3,8-9H,4-7H2,(H2,15,17)(H2,16,18). The van der Waals surface area contributed by atoms with Crippen LogP contribution in [0, 0.1) is 0 Å². The second-order valence-electron chi connectivity index (χ2n) is 5.09. The smallest absolute Gasteiger partial charge is 0.282 e. The molecule has 0 saturated carbocycles. The van der Waals surface area contributed by atoms with Crippen LogP contribution in [0.3, 0.4) is 0 Å². The van der Waals surface area contributed by atoms with Crippen molar-refractivity contribution in [3.05, 3.63) is 23.4 Å². The number of nitrogens with zero attached hydrogens (tertiary/aromatic N) is 4. The highest BCUT2D eigenvalue weighted by Crippen LogP contribution is 2.18. The predicted molar refractivity (Wildman–Crippen MR) is 84.2 cm³/mol. The van der Waals surface area contributed by atoms with E-state index in [9.17, 15) is 0 Å². The van der Waals surface area contributed by atoms with Crippen LogP contribution in [-0.4, -0.2) is 55.4 Å². The van der Waals surface area contributed by atoms with Gasteiger partial charge in [-0.05, 0) is 12.1 Å². The van der Waals surface area contributed by atoms with Crippen molar-refractivity contribution in [1.29, 1.82) is 0 Å². The van der Waals surface area contributed by atoms with Crippen LogP contribution < -0.4 is 16.4 Å². The normalized spacial score (nSPS) is 23.5. The summed E-state index contributed by atoms with van der Waals surface area (Å²) < 4.78 is 10.4. The van der Waals surface area contributed by atoms with Gasteiger partial charge in [-0.3, -0.25) is 0 Å². The van der Waals surface area contributed by atoms with E-state index in [-0.39, 0.29) is 24.1 Å². The third-order valence-electron chi connectivity index (χ3n) is 3.35. The molecule has 4 N–H and O–H groups in total. The summed E-state index contributed by atoms with van der Waals surface area (Å²) in [5, 5.41) is 0.430. The molecular weight excluding hydrogens is 308 g/mol. The molecule has 0 saturated heterocycles. The molecule has 0 bridgehead atoms. The molecular formula is C13H17ClN6O2. The monoisotopic (exact) mass is 324 g/mol. The average Bonchev–Trinajstić information content (AvgIpc) is 3.07. The Labute approximate surface area is 132 Å². The van der Waals surface area contributed by atoms with Crippen molar-refractivity contribution >= 4 is 29.5 Å². The minimum Gasteiger partial charge on any atom is -0.463 e. The minimum atomic E-state index is -0.0515. The van der Waals surface area contributed by atoms with Crippen LogP contribution in [0.25, 0.3) is 0 Å². The van der Waals surface area contributed by atoms with E-state index in [2.05, 4.69) is 15.0 Å². The maximum absolute atomic E-state index is 5.99. The summed E-state index contributed by atoms with van der Waals surface area (Å²) in [7, 11) is 0. The first-order chi connectivity index (χ1) is 10.6. The number of ether oxygens (including phenoxy) is 2. The van der Waals surface area contributed by atoms with Gasteiger partial charge in [0.25, 0.3) is 12.0 Å². The van der Waals surface area contributed by atoms with Gasteiger partial charge >= 0.3 is 0 Å². The lowest BCUT2D eigenvalue weighted by atomic mass is 10.2. The van der Waals surface area contributed by atoms with Crippen molar-refractivity contribution in [2.24, 2.45) is 21.5 Å². The number of aliphatic imine (C=N–C) groups is 2. The lowest BCUT2D eigenvalue weighted by Gasteiger charge is -2.26. The Morgan fingerprint density at radius 3 is 2.14 bits per heavy atom. The second-order valence-corrected chi connectivity index (χ2v) is 5.48. The summed E-state index contributed by atoms with van der Waals surface area (Å²) in [6, 6.07) is 5.80. The van der Waals surface area contributed by atoms with Crippen molar-refractivity contribution in [3.8, 4) is 0 Å². The third kappa shape index (κ3) is 3.51. The lowest BCUT2D eigenvalue weighted by molar-refractivity contribution is 0.304. The Morgan fingerprint density at radius 1 is 1.09 bits per heavy atom. The number of amidine groups is 2. The zero-order chi connectivity index (χ0) is 15.5. The van der Waals surface area contributed by atoms with Crippen LogP contribution >= 0.6 is 11.6 Å². The molecule has 0 spiro atoms. The van der Waals surface area contributed by atoms with E-state index in [1.165, 1.54) is 0 Å². The number of anilines is 1. The first-order valence-electron chi connectivity index (χ1n) is 6.90. The molecule has 0 aromatic carbocycles. The first kappa shape index (κ1) is 14.7. The maximum Gasteiger partial charge on any atom is 0.282 e. The van der Waals surface area contributed by atoms with Gasteiger partial charge in [-0.2, -0.15) is 0 Å². The molecule has 118 valence electrons. The summed E-state index contributed by atoms with van der Waals surface area (Å²) in [6.45, 7) is 2.10. The fourth-order valence-electron chi connectivity index (χ4n) is 2.40. The molecule has 1 aromatic heterocycles. The highest BCUT2D eigenvalue weighted by Gasteiger charge is 2.25. The summed E-state index contributed by atoms with van der Waals surface area (Å²) in [5.41, 5.74) is 11.1. The summed E-state index contributed by atoms with van der Waals surface area (Å²) in [5.74, 6) is 0.744. The van der Waals surface area contributed by atoms with E-state index in [4.69, 9.17) is 32.5 Å². The molecule has 1 aromatic rings. The molecule has 3 rings (SSSR count). The number of aromatic nitrogens is 1. The van der Waals surface area contributed by atoms with Crippen LogP contribution in [0.15, 0.2) is 28.2 Å². The van der Waals surface area contributed by atoms with Gasteiger partial charge in [0.15, 0.2) is 0 Å². The molecule has 0 radical (unpaired) electrons. The first-order valence-corrected chi connectivity index (χ1v) is 7.27. The van der Waals surface area contributed by atoms with Gasteiger partial charge in [-0.25, -0.2) is 15.0 Å². The molecule has 9 heteroatoms. The van der Waals surface area contributed by atoms with Crippen LogP contribution in [0.2, 0.25) is 5.15 Å². The van der Waals surface area contributed by atoms with Crippen molar-refractivity contribution in [2.75, 3.05) is 31.2 Å². The van der Waals surface area contributed by atoms with Crippen LogP contribution in [0.1, 0.15) is 0 Å². The zero-order valence-electron chi connectivity index (χ0n) is 11.9. The maximum atomic E-state index is 5.99. The van der Waals surface area contributed by atoms with Gasteiger partial charge in [0.05, 0.1) is 0 Å². The van der Waals surface area contributed by atoms with Crippen molar-refractivity contribution in [2.45, 2.75) is 12.1 Å². The second kappa shape index (κ2) is 6.27. The van der Waals surface area contributed by atoms with Gasteiger partial charge in [-0.15, -0.1) is 0 Å². The molecule has 2 atom stereocenters.